The van der Waals surface area contributed by atoms with Gasteiger partial charge in [0.1, 0.15) is 5.82 Å². The maximum atomic E-state index is 12.7. The molecule has 0 aliphatic carbocycles. The second-order valence-electron chi connectivity index (χ2n) is 3.18. The molecule has 1 N–H and O–H groups in total. The molecule has 1 aromatic carbocycles. The Morgan fingerprint density at radius 3 is 2.60 bits per heavy atom. The van der Waals surface area contributed by atoms with E-state index in [4.69, 9.17) is 5.41 Å². The van der Waals surface area contributed by atoms with Crippen molar-refractivity contribution in [2.24, 2.45) is 0 Å². The molecule has 0 spiro atoms. The summed E-state index contributed by atoms with van der Waals surface area (Å²) in [4.78, 5) is 0.525. The van der Waals surface area contributed by atoms with Crippen LogP contribution in [0, 0.1) is 11.2 Å². The third kappa shape index (κ3) is 1.85. The predicted molar refractivity (Wildman–Crippen MR) is 59.2 cm³/mol. The van der Waals surface area contributed by atoms with Crippen molar-refractivity contribution in [1.29, 1.82) is 5.41 Å². The fourth-order valence-corrected chi connectivity index (χ4v) is 2.35. The molecule has 2 nitrogen and oxygen atoms in total. The van der Waals surface area contributed by atoms with Crippen LogP contribution >= 0.6 is 11.3 Å². The summed E-state index contributed by atoms with van der Waals surface area (Å²) in [5.74, 6) is -0.233. The van der Waals surface area contributed by atoms with E-state index < -0.39 is 0 Å². The molecule has 0 unspecified atom stereocenters. The van der Waals surface area contributed by atoms with Gasteiger partial charge in [-0.25, -0.2) is 4.39 Å². The van der Waals surface area contributed by atoms with Crippen LogP contribution < -0.4 is 4.80 Å². The standard InChI is InChI=1S/C11H11FN2S/c1-2-14-10(7-15-11(14)13)8-3-5-9(12)6-4-8/h3-7,13H,2H2,1H3. The number of thiazole rings is 1. The molecule has 0 aliphatic rings. The van der Waals surface area contributed by atoms with E-state index in [9.17, 15) is 4.39 Å². The minimum Gasteiger partial charge on any atom is -0.317 e. The van der Waals surface area contributed by atoms with E-state index in [1.807, 2.05) is 16.9 Å². The van der Waals surface area contributed by atoms with Gasteiger partial charge in [0.05, 0.1) is 5.69 Å². The minimum absolute atomic E-state index is 0.233. The van der Waals surface area contributed by atoms with E-state index in [2.05, 4.69) is 0 Å². The minimum atomic E-state index is -0.233. The van der Waals surface area contributed by atoms with Gasteiger partial charge >= 0.3 is 0 Å². The van der Waals surface area contributed by atoms with Crippen LogP contribution in [0.3, 0.4) is 0 Å². The molecule has 1 heterocycles. The Hall–Kier alpha value is -1.42. The summed E-state index contributed by atoms with van der Waals surface area (Å²) in [6, 6.07) is 6.36. The fraction of sp³-hybridized carbons (Fsp3) is 0.182. The molecule has 0 fully saturated rings. The number of rotatable bonds is 2. The number of nitrogens with one attached hydrogen (secondary N) is 1. The van der Waals surface area contributed by atoms with Crippen molar-refractivity contribution in [3.05, 3.63) is 40.3 Å². The van der Waals surface area contributed by atoms with Crippen LogP contribution in [0.1, 0.15) is 6.92 Å². The Morgan fingerprint density at radius 1 is 1.33 bits per heavy atom. The van der Waals surface area contributed by atoms with E-state index in [1.54, 1.807) is 12.1 Å². The van der Waals surface area contributed by atoms with Crippen molar-refractivity contribution in [2.75, 3.05) is 0 Å². The lowest BCUT2D eigenvalue weighted by Crippen LogP contribution is -2.12. The third-order valence-electron chi connectivity index (χ3n) is 2.27. The summed E-state index contributed by atoms with van der Waals surface area (Å²) in [5.41, 5.74) is 1.93. The highest BCUT2D eigenvalue weighted by atomic mass is 32.1. The van der Waals surface area contributed by atoms with Crippen molar-refractivity contribution in [3.63, 3.8) is 0 Å². The Bertz CT molecular complexity index is 510. The maximum Gasteiger partial charge on any atom is 0.182 e. The first-order valence-electron chi connectivity index (χ1n) is 4.71. The highest BCUT2D eigenvalue weighted by Gasteiger charge is 2.05. The topological polar surface area (TPSA) is 28.8 Å². The first kappa shape index (κ1) is 10.1. The van der Waals surface area contributed by atoms with E-state index in [-0.39, 0.29) is 5.82 Å². The van der Waals surface area contributed by atoms with Gasteiger partial charge in [0.15, 0.2) is 4.80 Å². The average molecular weight is 222 g/mol. The van der Waals surface area contributed by atoms with Gasteiger partial charge in [-0.05, 0) is 36.8 Å². The second kappa shape index (κ2) is 3.98. The zero-order valence-electron chi connectivity index (χ0n) is 8.33. The molecular formula is C11H11FN2S. The summed E-state index contributed by atoms with van der Waals surface area (Å²) in [7, 11) is 0. The molecule has 2 rings (SSSR count). The lowest BCUT2D eigenvalue weighted by atomic mass is 10.2. The van der Waals surface area contributed by atoms with Crippen LogP contribution in [0.5, 0.6) is 0 Å². The first-order valence-corrected chi connectivity index (χ1v) is 5.59. The van der Waals surface area contributed by atoms with Gasteiger partial charge in [0.2, 0.25) is 0 Å². The lowest BCUT2D eigenvalue weighted by Gasteiger charge is -2.05. The molecule has 0 aliphatic heterocycles. The smallest absolute Gasteiger partial charge is 0.182 e. The van der Waals surface area contributed by atoms with Gasteiger partial charge in [-0.2, -0.15) is 0 Å². The predicted octanol–water partition coefficient (Wildman–Crippen LogP) is 2.86. The summed E-state index contributed by atoms with van der Waals surface area (Å²) < 4.78 is 14.6. The van der Waals surface area contributed by atoms with Gasteiger partial charge in [0.25, 0.3) is 0 Å². The molecule has 0 radical (unpaired) electrons. The molecule has 0 amide bonds. The Balaban J connectivity index is 2.54. The molecule has 0 saturated heterocycles. The number of hydrogen-bond donors (Lipinski definition) is 1. The van der Waals surface area contributed by atoms with Crippen LogP contribution in [0.2, 0.25) is 0 Å². The number of nitrogens with zero attached hydrogens (tertiary/aromatic N) is 1. The van der Waals surface area contributed by atoms with Crippen LogP contribution in [0.15, 0.2) is 29.6 Å². The van der Waals surface area contributed by atoms with Gasteiger partial charge in [-0.15, -0.1) is 11.3 Å². The molecule has 0 atom stereocenters. The average Bonchev–Trinajstić information content (AvgIpc) is 2.61. The highest BCUT2D eigenvalue weighted by Crippen LogP contribution is 2.19. The fourth-order valence-electron chi connectivity index (χ4n) is 1.51. The van der Waals surface area contributed by atoms with Crippen molar-refractivity contribution in [2.45, 2.75) is 13.5 Å². The van der Waals surface area contributed by atoms with E-state index in [0.29, 0.717) is 4.80 Å². The van der Waals surface area contributed by atoms with Crippen molar-refractivity contribution < 1.29 is 4.39 Å². The number of halogens is 1. The monoisotopic (exact) mass is 222 g/mol. The number of aromatic nitrogens is 1. The third-order valence-corrected chi connectivity index (χ3v) is 3.06. The molecule has 15 heavy (non-hydrogen) atoms. The first-order chi connectivity index (χ1) is 7.22. The van der Waals surface area contributed by atoms with Crippen molar-refractivity contribution >= 4 is 11.3 Å². The molecular weight excluding hydrogens is 211 g/mol. The molecule has 78 valence electrons. The van der Waals surface area contributed by atoms with Gasteiger partial charge in [-0.3, -0.25) is 5.41 Å². The van der Waals surface area contributed by atoms with Gasteiger partial charge in [0, 0.05) is 11.9 Å². The number of hydrogen-bond acceptors (Lipinski definition) is 2. The SMILES string of the molecule is CCn1c(-c2ccc(F)cc2)csc1=N. The summed E-state index contributed by atoms with van der Waals surface area (Å²) >= 11 is 1.39. The van der Waals surface area contributed by atoms with Crippen LogP contribution in [0.25, 0.3) is 11.3 Å². The van der Waals surface area contributed by atoms with Gasteiger partial charge < -0.3 is 4.57 Å². The second-order valence-corrected chi connectivity index (χ2v) is 4.04. The van der Waals surface area contributed by atoms with E-state index in [1.165, 1.54) is 23.5 Å². The Kier molecular flexibility index (Phi) is 2.68. The maximum absolute atomic E-state index is 12.7. The van der Waals surface area contributed by atoms with Crippen LogP contribution in [0.4, 0.5) is 4.39 Å². The zero-order chi connectivity index (χ0) is 10.8. The van der Waals surface area contributed by atoms with Crippen molar-refractivity contribution in [1.82, 2.24) is 4.57 Å². The normalized spacial score (nSPS) is 10.5. The molecule has 4 heteroatoms. The van der Waals surface area contributed by atoms with Crippen molar-refractivity contribution in [3.8, 4) is 11.3 Å². The number of benzene rings is 1. The quantitative estimate of drug-likeness (QED) is 0.809. The lowest BCUT2D eigenvalue weighted by molar-refractivity contribution is 0.628. The molecule has 1 aromatic heterocycles. The molecule has 0 bridgehead atoms. The largest absolute Gasteiger partial charge is 0.317 e. The molecule has 2 aromatic rings. The van der Waals surface area contributed by atoms with Crippen LogP contribution in [-0.4, -0.2) is 4.57 Å². The summed E-state index contributed by atoms with van der Waals surface area (Å²) in [6.45, 7) is 2.76. The zero-order valence-corrected chi connectivity index (χ0v) is 9.14. The van der Waals surface area contributed by atoms with E-state index in [0.717, 1.165) is 17.8 Å². The highest BCUT2D eigenvalue weighted by molar-refractivity contribution is 7.07. The molecule has 0 saturated carbocycles. The summed E-state index contributed by atoms with van der Waals surface area (Å²) in [5, 5.41) is 9.62. The summed E-state index contributed by atoms with van der Waals surface area (Å²) in [6.07, 6.45) is 0. The Labute approximate surface area is 91.1 Å². The van der Waals surface area contributed by atoms with Crippen LogP contribution in [-0.2, 0) is 6.54 Å². The van der Waals surface area contributed by atoms with Gasteiger partial charge in [-0.1, -0.05) is 0 Å². The Morgan fingerprint density at radius 2 is 2.00 bits per heavy atom. The van der Waals surface area contributed by atoms with E-state index >= 15 is 0 Å².